The Hall–Kier alpha value is -3.17. The summed E-state index contributed by atoms with van der Waals surface area (Å²) in [5.74, 6) is 0.705. The lowest BCUT2D eigenvalue weighted by Gasteiger charge is -2.07. The van der Waals surface area contributed by atoms with Gasteiger partial charge in [-0.1, -0.05) is 36.1 Å². The number of amides is 2. The normalized spacial score (nSPS) is 15.1. The molecular formula is C21H19N3O4S2. The molecule has 2 N–H and O–H groups in total. The summed E-state index contributed by atoms with van der Waals surface area (Å²) >= 11 is 6.19. The predicted octanol–water partition coefficient (Wildman–Crippen LogP) is 3.10. The summed E-state index contributed by atoms with van der Waals surface area (Å²) in [7, 11) is 1.60. The van der Waals surface area contributed by atoms with Gasteiger partial charge in [-0.05, 0) is 60.5 Å². The number of benzene rings is 2. The van der Waals surface area contributed by atoms with Crippen LogP contribution >= 0.6 is 24.0 Å². The first kappa shape index (κ1) is 21.5. The molecule has 9 heteroatoms. The second-order valence-corrected chi connectivity index (χ2v) is 7.89. The highest BCUT2D eigenvalue weighted by Crippen LogP contribution is 2.26. The first-order valence-corrected chi connectivity index (χ1v) is 10.1. The number of ether oxygens (including phenoxy) is 2. The fourth-order valence-electron chi connectivity index (χ4n) is 2.46. The Bertz CT molecular complexity index is 1020. The van der Waals surface area contributed by atoms with Crippen LogP contribution in [0, 0.1) is 0 Å². The lowest BCUT2D eigenvalue weighted by atomic mass is 10.1. The summed E-state index contributed by atoms with van der Waals surface area (Å²) in [6, 6.07) is 14.4. The van der Waals surface area contributed by atoms with Crippen LogP contribution in [-0.4, -0.2) is 35.6 Å². The molecule has 1 saturated heterocycles. The Morgan fingerprint density at radius 1 is 1.17 bits per heavy atom. The van der Waals surface area contributed by atoms with Crippen molar-refractivity contribution in [2.45, 2.75) is 6.92 Å². The van der Waals surface area contributed by atoms with E-state index in [1.807, 2.05) is 24.3 Å². The Morgan fingerprint density at radius 2 is 1.83 bits per heavy atom. The van der Waals surface area contributed by atoms with Crippen LogP contribution in [0.25, 0.3) is 6.08 Å². The summed E-state index contributed by atoms with van der Waals surface area (Å²) in [4.78, 5) is 24.2. The van der Waals surface area contributed by atoms with E-state index in [-0.39, 0.29) is 18.4 Å². The van der Waals surface area contributed by atoms with E-state index in [1.165, 1.54) is 11.8 Å². The molecule has 0 saturated carbocycles. The van der Waals surface area contributed by atoms with E-state index in [1.54, 1.807) is 44.4 Å². The van der Waals surface area contributed by atoms with Gasteiger partial charge in [0.15, 0.2) is 6.61 Å². The Morgan fingerprint density at radius 3 is 2.43 bits per heavy atom. The van der Waals surface area contributed by atoms with Crippen LogP contribution in [0.2, 0.25) is 0 Å². The molecule has 0 aliphatic carbocycles. The van der Waals surface area contributed by atoms with Crippen LogP contribution < -0.4 is 20.2 Å². The van der Waals surface area contributed by atoms with Crippen molar-refractivity contribution in [3.05, 3.63) is 64.6 Å². The highest BCUT2D eigenvalue weighted by molar-refractivity contribution is 8.26. The highest BCUT2D eigenvalue weighted by atomic mass is 32.2. The molecule has 2 aromatic carbocycles. The zero-order valence-corrected chi connectivity index (χ0v) is 17.9. The van der Waals surface area contributed by atoms with Gasteiger partial charge in [0.2, 0.25) is 0 Å². The standard InChI is InChI=1S/C21H19N3O4S2/c1-13(15-5-9-16(27-2)10-6-15)23-24-19(25)12-28-17-7-3-14(4-8-17)11-18-20(26)22-21(29)30-18/h3-11H,12H2,1-2H3,(H,24,25)(H,22,26,29). The average molecular weight is 442 g/mol. The fraction of sp³-hybridized carbons (Fsp3) is 0.143. The molecule has 2 aromatic rings. The average Bonchev–Trinajstić information content (AvgIpc) is 3.08. The van der Waals surface area contributed by atoms with Crippen molar-refractivity contribution >= 4 is 51.9 Å². The van der Waals surface area contributed by atoms with E-state index >= 15 is 0 Å². The summed E-state index contributed by atoms with van der Waals surface area (Å²) in [5.41, 5.74) is 4.84. The maximum absolute atomic E-state index is 12.0. The number of methoxy groups -OCH3 is 1. The predicted molar refractivity (Wildman–Crippen MR) is 122 cm³/mol. The molecular weight excluding hydrogens is 422 g/mol. The first-order valence-electron chi connectivity index (χ1n) is 8.90. The monoisotopic (exact) mass is 441 g/mol. The molecule has 30 heavy (non-hydrogen) atoms. The van der Waals surface area contributed by atoms with Gasteiger partial charge in [0.25, 0.3) is 11.8 Å². The Labute approximate surface area is 183 Å². The maximum atomic E-state index is 12.0. The van der Waals surface area contributed by atoms with Gasteiger partial charge in [-0.25, -0.2) is 5.43 Å². The lowest BCUT2D eigenvalue weighted by Crippen LogP contribution is -2.25. The van der Waals surface area contributed by atoms with Gasteiger partial charge in [0.05, 0.1) is 17.7 Å². The van der Waals surface area contributed by atoms with Crippen molar-refractivity contribution in [3.63, 3.8) is 0 Å². The van der Waals surface area contributed by atoms with Gasteiger partial charge in [-0.2, -0.15) is 5.10 Å². The molecule has 1 aliphatic rings. The third-order valence-electron chi connectivity index (χ3n) is 4.05. The molecule has 1 fully saturated rings. The van der Waals surface area contributed by atoms with Gasteiger partial charge in [-0.15, -0.1) is 0 Å². The van der Waals surface area contributed by atoms with Gasteiger partial charge in [0, 0.05) is 0 Å². The third-order valence-corrected chi connectivity index (χ3v) is 5.21. The number of nitrogens with one attached hydrogen (secondary N) is 2. The van der Waals surface area contributed by atoms with E-state index in [9.17, 15) is 9.59 Å². The molecule has 0 atom stereocenters. The van der Waals surface area contributed by atoms with Crippen molar-refractivity contribution < 1.29 is 19.1 Å². The Kier molecular flexibility index (Phi) is 7.21. The molecule has 0 unspecified atom stereocenters. The van der Waals surface area contributed by atoms with Crippen molar-refractivity contribution in [2.24, 2.45) is 5.10 Å². The molecule has 2 amide bonds. The number of carbonyl (C=O) groups excluding carboxylic acids is 2. The molecule has 1 aliphatic heterocycles. The largest absolute Gasteiger partial charge is 0.497 e. The SMILES string of the molecule is COc1ccc(C(C)=NNC(=O)COc2ccc(C=C3SC(=S)NC3=O)cc2)cc1. The number of thioether (sulfide) groups is 1. The van der Waals surface area contributed by atoms with Gasteiger partial charge < -0.3 is 14.8 Å². The number of rotatable bonds is 7. The van der Waals surface area contributed by atoms with E-state index in [0.717, 1.165) is 16.9 Å². The second kappa shape index (κ2) is 10.0. The van der Waals surface area contributed by atoms with Crippen LogP contribution in [0.4, 0.5) is 0 Å². The van der Waals surface area contributed by atoms with Crippen molar-refractivity contribution in [2.75, 3.05) is 13.7 Å². The van der Waals surface area contributed by atoms with Gasteiger partial charge in [0.1, 0.15) is 15.8 Å². The van der Waals surface area contributed by atoms with Crippen molar-refractivity contribution in [3.8, 4) is 11.5 Å². The second-order valence-electron chi connectivity index (χ2n) is 6.17. The van der Waals surface area contributed by atoms with Crippen molar-refractivity contribution in [1.29, 1.82) is 0 Å². The topological polar surface area (TPSA) is 89.0 Å². The number of nitrogens with zero attached hydrogens (tertiary/aromatic N) is 1. The van der Waals surface area contributed by atoms with Crippen molar-refractivity contribution in [1.82, 2.24) is 10.7 Å². The molecule has 0 radical (unpaired) electrons. The summed E-state index contributed by atoms with van der Waals surface area (Å²) < 4.78 is 11.0. The zero-order chi connectivity index (χ0) is 21.5. The van der Waals surface area contributed by atoms with E-state index in [2.05, 4.69) is 15.8 Å². The molecule has 154 valence electrons. The number of hydrazone groups is 1. The summed E-state index contributed by atoms with van der Waals surface area (Å²) in [6.45, 7) is 1.62. The Balaban J connectivity index is 1.50. The highest BCUT2D eigenvalue weighted by Gasteiger charge is 2.21. The first-order chi connectivity index (χ1) is 14.4. The lowest BCUT2D eigenvalue weighted by molar-refractivity contribution is -0.123. The molecule has 3 rings (SSSR count). The molecule has 1 heterocycles. The molecule has 0 bridgehead atoms. The van der Waals surface area contributed by atoms with Gasteiger partial charge >= 0.3 is 0 Å². The van der Waals surface area contributed by atoms with Crippen LogP contribution in [0.1, 0.15) is 18.1 Å². The summed E-state index contributed by atoms with van der Waals surface area (Å²) in [5, 5.41) is 6.65. The van der Waals surface area contributed by atoms with Crippen LogP contribution in [-0.2, 0) is 9.59 Å². The minimum Gasteiger partial charge on any atom is -0.497 e. The van der Waals surface area contributed by atoms with Gasteiger partial charge in [-0.3, -0.25) is 9.59 Å². The third kappa shape index (κ3) is 5.91. The minimum atomic E-state index is -0.374. The van der Waals surface area contributed by atoms with E-state index < -0.39 is 0 Å². The zero-order valence-electron chi connectivity index (χ0n) is 16.3. The number of hydrogen-bond donors (Lipinski definition) is 2. The quantitative estimate of drug-likeness (QED) is 0.297. The number of carbonyl (C=O) groups is 2. The van der Waals surface area contributed by atoms with Crippen LogP contribution in [0.5, 0.6) is 11.5 Å². The molecule has 0 spiro atoms. The fourth-order valence-corrected chi connectivity index (χ4v) is 3.50. The van der Waals surface area contributed by atoms with E-state index in [0.29, 0.717) is 20.7 Å². The number of thiocarbonyl (C=S) groups is 1. The number of hydrogen-bond acceptors (Lipinski definition) is 7. The smallest absolute Gasteiger partial charge is 0.277 e. The van der Waals surface area contributed by atoms with E-state index in [4.69, 9.17) is 21.7 Å². The molecule has 7 nitrogen and oxygen atoms in total. The van der Waals surface area contributed by atoms with Crippen LogP contribution in [0.3, 0.4) is 0 Å². The van der Waals surface area contributed by atoms with Crippen LogP contribution in [0.15, 0.2) is 58.5 Å². The summed E-state index contributed by atoms with van der Waals surface area (Å²) in [6.07, 6.45) is 1.74. The molecule has 0 aromatic heterocycles. The minimum absolute atomic E-state index is 0.174. The maximum Gasteiger partial charge on any atom is 0.277 e.